The molecule has 1 fully saturated rings. The second-order valence-corrected chi connectivity index (χ2v) is 5.02. The van der Waals surface area contributed by atoms with Crippen molar-refractivity contribution in [2.24, 2.45) is 10.9 Å². The normalized spacial score (nSPS) is 18.3. The van der Waals surface area contributed by atoms with Crippen molar-refractivity contribution in [2.75, 3.05) is 13.1 Å². The maximum Gasteiger partial charge on any atom is 0.170 e. The van der Waals surface area contributed by atoms with Crippen molar-refractivity contribution < 1.29 is 9.60 Å². The first-order valence-corrected chi connectivity index (χ1v) is 6.69. The molecule has 2 rings (SSSR count). The van der Waals surface area contributed by atoms with E-state index in [9.17, 15) is 4.39 Å². The molecule has 104 valence electrons. The Kier molecular flexibility index (Phi) is 4.74. The van der Waals surface area contributed by atoms with Crippen molar-refractivity contribution in [1.82, 2.24) is 4.90 Å². The van der Waals surface area contributed by atoms with Crippen LogP contribution in [-0.4, -0.2) is 29.0 Å². The van der Waals surface area contributed by atoms with Crippen LogP contribution < -0.4 is 5.73 Å². The molecule has 1 aliphatic rings. The Morgan fingerprint density at radius 1 is 1.21 bits per heavy atom. The third-order valence-corrected chi connectivity index (χ3v) is 3.47. The van der Waals surface area contributed by atoms with E-state index in [4.69, 9.17) is 10.9 Å². The van der Waals surface area contributed by atoms with E-state index in [1.165, 1.54) is 37.8 Å². The van der Waals surface area contributed by atoms with Crippen LogP contribution in [0.15, 0.2) is 23.4 Å². The zero-order valence-corrected chi connectivity index (χ0v) is 11.0. The van der Waals surface area contributed by atoms with Gasteiger partial charge in [-0.05, 0) is 49.7 Å². The molecule has 1 aromatic carbocycles. The van der Waals surface area contributed by atoms with Crippen molar-refractivity contribution in [1.29, 1.82) is 0 Å². The van der Waals surface area contributed by atoms with Gasteiger partial charge >= 0.3 is 0 Å². The summed E-state index contributed by atoms with van der Waals surface area (Å²) in [7, 11) is 0. The van der Waals surface area contributed by atoms with E-state index in [1.807, 2.05) is 0 Å². The summed E-state index contributed by atoms with van der Waals surface area (Å²) >= 11 is 0. The molecule has 1 heterocycles. The summed E-state index contributed by atoms with van der Waals surface area (Å²) < 4.78 is 13.5. The molecule has 0 radical (unpaired) electrons. The average Bonchev–Trinajstić information content (AvgIpc) is 2.65. The van der Waals surface area contributed by atoms with E-state index < -0.39 is 0 Å². The Morgan fingerprint density at radius 3 is 2.53 bits per heavy atom. The van der Waals surface area contributed by atoms with Gasteiger partial charge in [0.2, 0.25) is 0 Å². The highest BCUT2D eigenvalue weighted by atomic mass is 19.1. The van der Waals surface area contributed by atoms with Crippen molar-refractivity contribution in [3.63, 3.8) is 0 Å². The lowest BCUT2D eigenvalue weighted by Crippen LogP contribution is -2.24. The van der Waals surface area contributed by atoms with Crippen molar-refractivity contribution in [3.05, 3.63) is 35.1 Å². The van der Waals surface area contributed by atoms with Crippen LogP contribution >= 0.6 is 0 Å². The minimum atomic E-state index is -0.353. The van der Waals surface area contributed by atoms with Gasteiger partial charge in [0.25, 0.3) is 0 Å². The molecule has 1 saturated heterocycles. The van der Waals surface area contributed by atoms with Crippen LogP contribution in [0.5, 0.6) is 0 Å². The number of hydrogen-bond acceptors (Lipinski definition) is 3. The number of hydrogen-bond donors (Lipinski definition) is 2. The lowest BCUT2D eigenvalue weighted by Gasteiger charge is -2.20. The Morgan fingerprint density at radius 2 is 1.89 bits per heavy atom. The molecule has 0 amide bonds. The number of nitrogens with two attached hydrogens (primary N) is 1. The fourth-order valence-corrected chi connectivity index (χ4v) is 2.50. The number of oxime groups is 1. The van der Waals surface area contributed by atoms with Gasteiger partial charge in [0.1, 0.15) is 5.82 Å². The van der Waals surface area contributed by atoms with Gasteiger partial charge in [-0.15, -0.1) is 0 Å². The van der Waals surface area contributed by atoms with E-state index in [0.29, 0.717) is 12.1 Å². The molecular formula is C14H20FN3O. The fraction of sp³-hybridized carbons (Fsp3) is 0.500. The van der Waals surface area contributed by atoms with Gasteiger partial charge < -0.3 is 10.9 Å². The number of benzene rings is 1. The third-order valence-electron chi connectivity index (χ3n) is 3.47. The van der Waals surface area contributed by atoms with Gasteiger partial charge in [0.05, 0.1) is 0 Å². The highest BCUT2D eigenvalue weighted by Gasteiger charge is 2.11. The monoisotopic (exact) mass is 265 g/mol. The van der Waals surface area contributed by atoms with Gasteiger partial charge in [-0.3, -0.25) is 4.90 Å². The largest absolute Gasteiger partial charge is 0.409 e. The number of likely N-dealkylation sites (tertiary alicyclic amines) is 1. The van der Waals surface area contributed by atoms with Crippen LogP contribution in [-0.2, 0) is 6.54 Å². The summed E-state index contributed by atoms with van der Waals surface area (Å²) in [6, 6.07) is 4.57. The van der Waals surface area contributed by atoms with E-state index in [1.54, 1.807) is 6.07 Å². The predicted molar refractivity (Wildman–Crippen MR) is 72.7 cm³/mol. The first-order valence-electron chi connectivity index (χ1n) is 6.69. The molecule has 0 atom stereocenters. The van der Waals surface area contributed by atoms with E-state index in [-0.39, 0.29) is 11.7 Å². The van der Waals surface area contributed by atoms with E-state index in [0.717, 1.165) is 18.7 Å². The standard InChI is InChI=1S/C14H20FN3O/c15-13-8-11(7-12(9-13)14(16)17-19)10-18-5-3-1-2-4-6-18/h7-9,19H,1-6,10H2,(H2,16,17). The lowest BCUT2D eigenvalue weighted by molar-refractivity contribution is 0.276. The van der Waals surface area contributed by atoms with Gasteiger partial charge in [0, 0.05) is 12.1 Å². The third kappa shape index (κ3) is 3.92. The first kappa shape index (κ1) is 13.8. The van der Waals surface area contributed by atoms with E-state index in [2.05, 4.69) is 10.1 Å². The molecule has 0 spiro atoms. The quantitative estimate of drug-likeness (QED) is 0.381. The van der Waals surface area contributed by atoms with Crippen LogP contribution in [0.4, 0.5) is 4.39 Å². The first-order chi connectivity index (χ1) is 9.19. The Bertz CT molecular complexity index is 454. The predicted octanol–water partition coefficient (Wildman–Crippen LogP) is 2.30. The van der Waals surface area contributed by atoms with Crippen molar-refractivity contribution >= 4 is 5.84 Å². The lowest BCUT2D eigenvalue weighted by atomic mass is 10.1. The second-order valence-electron chi connectivity index (χ2n) is 5.02. The molecule has 1 aromatic rings. The molecule has 4 nitrogen and oxygen atoms in total. The van der Waals surface area contributed by atoms with Crippen LogP contribution in [0, 0.1) is 5.82 Å². The highest BCUT2D eigenvalue weighted by molar-refractivity contribution is 5.97. The number of nitrogens with zero attached hydrogens (tertiary/aromatic N) is 2. The summed E-state index contributed by atoms with van der Waals surface area (Å²) in [4.78, 5) is 2.33. The average molecular weight is 265 g/mol. The summed E-state index contributed by atoms with van der Waals surface area (Å²) in [5.41, 5.74) is 6.80. The van der Waals surface area contributed by atoms with Gasteiger partial charge in [-0.25, -0.2) is 4.39 Å². The zero-order chi connectivity index (χ0) is 13.7. The van der Waals surface area contributed by atoms with Crippen molar-refractivity contribution in [3.8, 4) is 0 Å². The number of amidine groups is 1. The summed E-state index contributed by atoms with van der Waals surface area (Å²) in [5, 5.41) is 11.6. The SMILES string of the molecule is N/C(=N/O)c1cc(F)cc(CN2CCCCCC2)c1. The van der Waals surface area contributed by atoms with Crippen LogP contribution in [0.2, 0.25) is 0 Å². The van der Waals surface area contributed by atoms with Crippen LogP contribution in [0.1, 0.15) is 36.8 Å². The highest BCUT2D eigenvalue weighted by Crippen LogP contribution is 2.15. The molecule has 3 N–H and O–H groups in total. The molecule has 0 saturated carbocycles. The van der Waals surface area contributed by atoms with Gasteiger partial charge in [-0.2, -0.15) is 0 Å². The topological polar surface area (TPSA) is 61.9 Å². The number of rotatable bonds is 3. The molecule has 0 bridgehead atoms. The Labute approximate surface area is 112 Å². The van der Waals surface area contributed by atoms with Gasteiger partial charge in [0.15, 0.2) is 5.84 Å². The summed E-state index contributed by atoms with van der Waals surface area (Å²) in [5.74, 6) is -0.412. The van der Waals surface area contributed by atoms with Crippen LogP contribution in [0.25, 0.3) is 0 Å². The summed E-state index contributed by atoms with van der Waals surface area (Å²) in [6.45, 7) is 2.81. The maximum absolute atomic E-state index is 13.5. The molecule has 0 aromatic heterocycles. The molecule has 5 heteroatoms. The maximum atomic E-state index is 13.5. The molecule has 0 unspecified atom stereocenters. The van der Waals surface area contributed by atoms with Crippen LogP contribution in [0.3, 0.4) is 0 Å². The van der Waals surface area contributed by atoms with Crippen molar-refractivity contribution in [2.45, 2.75) is 32.2 Å². The smallest absolute Gasteiger partial charge is 0.170 e. The molecular weight excluding hydrogens is 245 g/mol. The number of halogens is 1. The summed E-state index contributed by atoms with van der Waals surface area (Å²) in [6.07, 6.45) is 4.94. The minimum Gasteiger partial charge on any atom is -0.409 e. The van der Waals surface area contributed by atoms with E-state index >= 15 is 0 Å². The van der Waals surface area contributed by atoms with Gasteiger partial charge in [-0.1, -0.05) is 18.0 Å². The Hall–Kier alpha value is -1.62. The molecule has 1 aliphatic heterocycles. The minimum absolute atomic E-state index is 0.0587. The molecule has 0 aliphatic carbocycles. The molecule has 19 heavy (non-hydrogen) atoms. The second kappa shape index (κ2) is 6.52. The zero-order valence-electron chi connectivity index (χ0n) is 11.0. The fourth-order valence-electron chi connectivity index (χ4n) is 2.50. The Balaban J connectivity index is 2.13.